The number of imide groups is 1. The maximum Gasteiger partial charge on any atom is 0.251 e. The Balaban J connectivity index is 2.23. The van der Waals surface area contributed by atoms with Crippen LogP contribution < -0.4 is 9.64 Å². The Hall–Kier alpha value is -1.88. The lowest BCUT2D eigenvalue weighted by molar-refractivity contribution is -0.122. The molecule has 1 aliphatic heterocycles. The number of hydrogen-bond acceptors (Lipinski definition) is 4. The molecule has 20 heavy (non-hydrogen) atoms. The van der Waals surface area contributed by atoms with Crippen molar-refractivity contribution in [1.82, 2.24) is 4.90 Å². The van der Waals surface area contributed by atoms with Crippen LogP contribution in [0, 0.1) is 0 Å². The van der Waals surface area contributed by atoms with Gasteiger partial charge in [0.05, 0.1) is 25.3 Å². The average molecular weight is 276 g/mol. The summed E-state index contributed by atoms with van der Waals surface area (Å²) in [6, 6.07) is 6.64. The molecule has 0 aromatic heterocycles. The highest BCUT2D eigenvalue weighted by molar-refractivity contribution is 6.22. The molecule has 1 fully saturated rings. The standard InChI is InChI=1S/C15H20N2O3/c1-4-16(5-2)13-10-14(18)17(15(13)19)11-6-8-12(20-3)9-7-11/h6-9,13H,4-5,10H2,1-3H3/t13-/m1/s1. The number of carbonyl (C=O) groups is 2. The molecule has 1 saturated heterocycles. The Morgan fingerprint density at radius 1 is 1.20 bits per heavy atom. The number of likely N-dealkylation sites (N-methyl/N-ethyl adjacent to an activating group) is 1. The molecule has 1 aliphatic rings. The van der Waals surface area contributed by atoms with Gasteiger partial charge < -0.3 is 4.74 Å². The molecule has 0 bridgehead atoms. The number of benzene rings is 1. The first kappa shape index (κ1) is 14.5. The van der Waals surface area contributed by atoms with E-state index in [2.05, 4.69) is 0 Å². The average Bonchev–Trinajstić information content (AvgIpc) is 2.76. The maximum atomic E-state index is 12.5. The van der Waals surface area contributed by atoms with Crippen molar-refractivity contribution >= 4 is 17.5 Å². The highest BCUT2D eigenvalue weighted by Gasteiger charge is 2.41. The Kier molecular flexibility index (Phi) is 4.39. The van der Waals surface area contributed by atoms with Crippen LogP contribution in [0.25, 0.3) is 0 Å². The second-order valence-electron chi connectivity index (χ2n) is 4.71. The van der Waals surface area contributed by atoms with Crippen molar-refractivity contribution < 1.29 is 14.3 Å². The zero-order chi connectivity index (χ0) is 14.7. The van der Waals surface area contributed by atoms with Crippen molar-refractivity contribution in [2.45, 2.75) is 26.3 Å². The van der Waals surface area contributed by atoms with E-state index in [-0.39, 0.29) is 24.3 Å². The van der Waals surface area contributed by atoms with Crippen LogP contribution in [0.2, 0.25) is 0 Å². The summed E-state index contributed by atoms with van der Waals surface area (Å²) in [4.78, 5) is 27.9. The van der Waals surface area contributed by atoms with Crippen LogP contribution in [0.5, 0.6) is 5.75 Å². The summed E-state index contributed by atoms with van der Waals surface area (Å²) in [5, 5.41) is 0. The molecule has 1 atom stereocenters. The van der Waals surface area contributed by atoms with Crippen molar-refractivity contribution in [3.63, 3.8) is 0 Å². The third-order valence-corrected chi connectivity index (χ3v) is 3.71. The number of anilines is 1. The highest BCUT2D eigenvalue weighted by Crippen LogP contribution is 2.27. The molecule has 5 nitrogen and oxygen atoms in total. The fourth-order valence-corrected chi connectivity index (χ4v) is 2.57. The van der Waals surface area contributed by atoms with E-state index in [1.54, 1.807) is 31.4 Å². The van der Waals surface area contributed by atoms with Gasteiger partial charge in [-0.2, -0.15) is 0 Å². The lowest BCUT2D eigenvalue weighted by Crippen LogP contribution is -2.41. The van der Waals surface area contributed by atoms with E-state index >= 15 is 0 Å². The number of hydrogen-bond donors (Lipinski definition) is 0. The van der Waals surface area contributed by atoms with Crippen LogP contribution in [-0.2, 0) is 9.59 Å². The van der Waals surface area contributed by atoms with E-state index < -0.39 is 0 Å². The van der Waals surface area contributed by atoms with Crippen molar-refractivity contribution in [2.24, 2.45) is 0 Å². The van der Waals surface area contributed by atoms with Gasteiger partial charge in [-0.25, -0.2) is 4.90 Å². The van der Waals surface area contributed by atoms with E-state index in [0.29, 0.717) is 11.4 Å². The second kappa shape index (κ2) is 6.05. The number of amides is 2. The molecule has 2 amide bonds. The molecule has 5 heteroatoms. The minimum atomic E-state index is -0.334. The van der Waals surface area contributed by atoms with Gasteiger partial charge in [0.2, 0.25) is 5.91 Å². The van der Waals surface area contributed by atoms with Crippen LogP contribution in [0.3, 0.4) is 0 Å². The smallest absolute Gasteiger partial charge is 0.251 e. The van der Waals surface area contributed by atoms with Crippen molar-refractivity contribution in [3.05, 3.63) is 24.3 Å². The molecule has 1 aromatic rings. The minimum Gasteiger partial charge on any atom is -0.497 e. The number of methoxy groups -OCH3 is 1. The molecular formula is C15H20N2O3. The summed E-state index contributed by atoms with van der Waals surface area (Å²) in [5.41, 5.74) is 0.607. The van der Waals surface area contributed by atoms with Gasteiger partial charge in [0.15, 0.2) is 0 Å². The number of nitrogens with zero attached hydrogens (tertiary/aromatic N) is 2. The van der Waals surface area contributed by atoms with E-state index in [1.165, 1.54) is 4.90 Å². The predicted molar refractivity (Wildman–Crippen MR) is 76.8 cm³/mol. The van der Waals surface area contributed by atoms with E-state index in [1.807, 2.05) is 18.7 Å². The molecule has 0 N–H and O–H groups in total. The Labute approximate surface area is 119 Å². The quantitative estimate of drug-likeness (QED) is 0.768. The van der Waals surface area contributed by atoms with Crippen molar-refractivity contribution in [3.8, 4) is 5.75 Å². The van der Waals surface area contributed by atoms with Gasteiger partial charge in [0.25, 0.3) is 5.91 Å². The van der Waals surface area contributed by atoms with Gasteiger partial charge in [0.1, 0.15) is 5.75 Å². The van der Waals surface area contributed by atoms with E-state index in [9.17, 15) is 9.59 Å². The van der Waals surface area contributed by atoms with Crippen LogP contribution in [0.15, 0.2) is 24.3 Å². The summed E-state index contributed by atoms with van der Waals surface area (Å²) in [6.45, 7) is 5.52. The topological polar surface area (TPSA) is 49.9 Å². The second-order valence-corrected chi connectivity index (χ2v) is 4.71. The highest BCUT2D eigenvalue weighted by atomic mass is 16.5. The SMILES string of the molecule is CCN(CC)[C@@H]1CC(=O)N(c2ccc(OC)cc2)C1=O. The van der Waals surface area contributed by atoms with E-state index in [0.717, 1.165) is 13.1 Å². The Bertz CT molecular complexity index is 494. The number of ether oxygens (including phenoxy) is 1. The molecule has 1 aromatic carbocycles. The van der Waals surface area contributed by atoms with Crippen LogP contribution >= 0.6 is 0 Å². The predicted octanol–water partition coefficient (Wildman–Crippen LogP) is 1.67. The lowest BCUT2D eigenvalue weighted by Gasteiger charge is -2.24. The zero-order valence-electron chi connectivity index (χ0n) is 12.1. The van der Waals surface area contributed by atoms with Crippen LogP contribution in [0.1, 0.15) is 20.3 Å². The largest absolute Gasteiger partial charge is 0.497 e. The molecule has 0 aliphatic carbocycles. The van der Waals surface area contributed by atoms with Gasteiger partial charge in [-0.05, 0) is 37.4 Å². The Morgan fingerprint density at radius 2 is 1.80 bits per heavy atom. The van der Waals surface area contributed by atoms with Gasteiger partial charge in [-0.15, -0.1) is 0 Å². The molecule has 1 heterocycles. The fourth-order valence-electron chi connectivity index (χ4n) is 2.57. The molecule has 0 spiro atoms. The van der Waals surface area contributed by atoms with Gasteiger partial charge in [0, 0.05) is 0 Å². The summed E-state index contributed by atoms with van der Waals surface area (Å²) >= 11 is 0. The van der Waals surface area contributed by atoms with E-state index in [4.69, 9.17) is 4.74 Å². The Morgan fingerprint density at radius 3 is 2.30 bits per heavy atom. The number of rotatable bonds is 5. The molecule has 2 rings (SSSR count). The lowest BCUT2D eigenvalue weighted by atomic mass is 10.2. The molecule has 108 valence electrons. The summed E-state index contributed by atoms with van der Waals surface area (Å²) in [6.07, 6.45) is 0.256. The first-order chi connectivity index (χ1) is 9.62. The molecular weight excluding hydrogens is 256 g/mol. The summed E-state index contributed by atoms with van der Waals surface area (Å²) in [5.74, 6) is 0.425. The van der Waals surface area contributed by atoms with Crippen molar-refractivity contribution in [2.75, 3.05) is 25.1 Å². The molecule has 0 saturated carbocycles. The van der Waals surface area contributed by atoms with Gasteiger partial charge in [-0.3, -0.25) is 14.5 Å². The van der Waals surface area contributed by atoms with Gasteiger partial charge >= 0.3 is 0 Å². The third-order valence-electron chi connectivity index (χ3n) is 3.71. The van der Waals surface area contributed by atoms with Crippen LogP contribution in [0.4, 0.5) is 5.69 Å². The normalized spacial score (nSPS) is 19.0. The first-order valence-electron chi connectivity index (χ1n) is 6.87. The fraction of sp³-hybridized carbons (Fsp3) is 0.467. The molecule has 0 unspecified atom stereocenters. The zero-order valence-corrected chi connectivity index (χ0v) is 12.1. The maximum absolute atomic E-state index is 12.5. The van der Waals surface area contributed by atoms with Crippen LogP contribution in [-0.4, -0.2) is 43.0 Å². The monoisotopic (exact) mass is 276 g/mol. The first-order valence-corrected chi connectivity index (χ1v) is 6.87. The third kappa shape index (κ3) is 2.54. The molecule has 0 radical (unpaired) electrons. The summed E-state index contributed by atoms with van der Waals surface area (Å²) in [7, 11) is 1.58. The number of carbonyl (C=O) groups excluding carboxylic acids is 2. The minimum absolute atomic E-state index is 0.135. The summed E-state index contributed by atoms with van der Waals surface area (Å²) < 4.78 is 5.08. The van der Waals surface area contributed by atoms with Crippen molar-refractivity contribution in [1.29, 1.82) is 0 Å². The van der Waals surface area contributed by atoms with Gasteiger partial charge in [-0.1, -0.05) is 13.8 Å².